The van der Waals surface area contributed by atoms with E-state index >= 15 is 0 Å². The lowest BCUT2D eigenvalue weighted by molar-refractivity contribution is 0.662. The van der Waals surface area contributed by atoms with E-state index in [9.17, 15) is 0 Å². The standard InChI is InChI=1S/C45H33BN2O/c1-28-26-30(3)44-34(27-28)42-33(25-24-29(2)45(42)49-44)32-16-7-10-19-37(32)48-39-21-12-9-18-36(39)46-35-17-8-11-20-38(35)47(31-14-5-4-6-15-31)40-22-13-23-41(48)43(40)46/h4-27H,1-3H3. The molecule has 10 rings (SSSR count). The van der Waals surface area contributed by atoms with Crippen molar-refractivity contribution in [3.8, 4) is 11.1 Å². The summed E-state index contributed by atoms with van der Waals surface area (Å²) < 4.78 is 6.65. The molecule has 8 aromatic rings. The van der Waals surface area contributed by atoms with Gasteiger partial charge in [-0.25, -0.2) is 0 Å². The summed E-state index contributed by atoms with van der Waals surface area (Å²) in [7, 11) is 0. The molecule has 0 fully saturated rings. The zero-order chi connectivity index (χ0) is 32.8. The summed E-state index contributed by atoms with van der Waals surface area (Å²) in [6.45, 7) is 6.58. The Morgan fingerprint density at radius 3 is 1.84 bits per heavy atom. The quantitative estimate of drug-likeness (QED) is 0.182. The van der Waals surface area contributed by atoms with E-state index in [1.165, 1.54) is 72.2 Å². The van der Waals surface area contributed by atoms with Gasteiger partial charge in [-0.1, -0.05) is 97.1 Å². The predicted molar refractivity (Wildman–Crippen MR) is 207 cm³/mol. The number of hydrogen-bond donors (Lipinski definition) is 0. The third kappa shape index (κ3) is 3.98. The van der Waals surface area contributed by atoms with Gasteiger partial charge in [0.2, 0.25) is 0 Å². The highest BCUT2D eigenvalue weighted by Gasteiger charge is 2.43. The van der Waals surface area contributed by atoms with Crippen LogP contribution in [0.4, 0.5) is 34.1 Å². The molecule has 232 valence electrons. The summed E-state index contributed by atoms with van der Waals surface area (Å²) in [6, 6.07) is 53.3. The van der Waals surface area contributed by atoms with E-state index < -0.39 is 0 Å². The van der Waals surface area contributed by atoms with Gasteiger partial charge in [0, 0.05) is 44.8 Å². The minimum Gasteiger partial charge on any atom is -0.455 e. The number of fused-ring (bicyclic) bond motifs is 7. The second-order valence-electron chi connectivity index (χ2n) is 13.5. The van der Waals surface area contributed by atoms with Crippen molar-refractivity contribution in [1.29, 1.82) is 0 Å². The molecule has 49 heavy (non-hydrogen) atoms. The molecule has 0 spiro atoms. The van der Waals surface area contributed by atoms with Crippen molar-refractivity contribution in [3.63, 3.8) is 0 Å². The van der Waals surface area contributed by atoms with Crippen molar-refractivity contribution in [2.45, 2.75) is 20.8 Å². The van der Waals surface area contributed by atoms with Crippen LogP contribution >= 0.6 is 0 Å². The minimum atomic E-state index is 0.108. The van der Waals surface area contributed by atoms with E-state index in [0.29, 0.717) is 0 Å². The Bertz CT molecular complexity index is 2620. The van der Waals surface area contributed by atoms with Crippen LogP contribution in [0.5, 0.6) is 0 Å². The highest BCUT2D eigenvalue weighted by Crippen LogP contribution is 2.48. The third-order valence-electron chi connectivity index (χ3n) is 10.5. The molecule has 0 N–H and O–H groups in total. The first-order chi connectivity index (χ1) is 24.1. The van der Waals surface area contributed by atoms with E-state index in [-0.39, 0.29) is 6.71 Å². The molecule has 0 aliphatic carbocycles. The summed E-state index contributed by atoms with van der Waals surface area (Å²) in [4.78, 5) is 4.94. The molecule has 0 amide bonds. The number of nitrogens with zero attached hydrogens (tertiary/aromatic N) is 2. The highest BCUT2D eigenvalue weighted by atomic mass is 16.3. The molecule has 7 aromatic carbocycles. The third-order valence-corrected chi connectivity index (χ3v) is 10.5. The van der Waals surface area contributed by atoms with E-state index in [0.717, 1.165) is 28.1 Å². The van der Waals surface area contributed by atoms with Crippen molar-refractivity contribution in [1.82, 2.24) is 0 Å². The van der Waals surface area contributed by atoms with E-state index in [1.54, 1.807) is 0 Å². The summed E-state index contributed by atoms with van der Waals surface area (Å²) in [5, 5.41) is 2.35. The minimum absolute atomic E-state index is 0.108. The summed E-state index contributed by atoms with van der Waals surface area (Å²) in [6.07, 6.45) is 0. The first kappa shape index (κ1) is 28.1. The molecule has 0 atom stereocenters. The van der Waals surface area contributed by atoms with E-state index in [2.05, 4.69) is 176 Å². The number of benzene rings is 7. The summed E-state index contributed by atoms with van der Waals surface area (Å²) in [5.41, 5.74) is 19.0. The van der Waals surface area contributed by atoms with Crippen LogP contribution in [0.3, 0.4) is 0 Å². The number of rotatable bonds is 3. The maximum Gasteiger partial charge on any atom is 0.252 e. The lowest BCUT2D eigenvalue weighted by Crippen LogP contribution is -2.61. The molecule has 3 nitrogen and oxygen atoms in total. The Kier molecular flexibility index (Phi) is 6.01. The molecule has 0 unspecified atom stereocenters. The van der Waals surface area contributed by atoms with Gasteiger partial charge >= 0.3 is 0 Å². The van der Waals surface area contributed by atoms with Gasteiger partial charge in [0.1, 0.15) is 11.2 Å². The lowest BCUT2D eigenvalue weighted by Gasteiger charge is -2.44. The molecule has 0 bridgehead atoms. The zero-order valence-corrected chi connectivity index (χ0v) is 27.7. The monoisotopic (exact) mass is 628 g/mol. The molecule has 1 aromatic heterocycles. The number of hydrogen-bond acceptors (Lipinski definition) is 3. The van der Waals surface area contributed by atoms with Gasteiger partial charge in [-0.3, -0.25) is 0 Å². The molecule has 2 aliphatic heterocycles. The average Bonchev–Trinajstić information content (AvgIpc) is 3.53. The average molecular weight is 629 g/mol. The maximum absolute atomic E-state index is 6.65. The molecule has 0 radical (unpaired) electrons. The SMILES string of the molecule is Cc1cc(C)c2oc3c(C)ccc(-c4ccccc4N4c5ccccc5B5c6ccccc6N(c6ccccc6)c6cccc4c65)c3c2c1. The van der Waals surface area contributed by atoms with E-state index in [1.807, 2.05) is 0 Å². The fourth-order valence-electron chi connectivity index (χ4n) is 8.53. The lowest BCUT2D eigenvalue weighted by atomic mass is 9.33. The van der Waals surface area contributed by atoms with Crippen LogP contribution in [0.2, 0.25) is 0 Å². The largest absolute Gasteiger partial charge is 0.455 e. The molecule has 2 aliphatic rings. The van der Waals surface area contributed by atoms with Gasteiger partial charge < -0.3 is 14.2 Å². The Balaban J connectivity index is 1.27. The first-order valence-electron chi connectivity index (χ1n) is 17.1. The van der Waals surface area contributed by atoms with Gasteiger partial charge in [0.25, 0.3) is 6.71 Å². The fraction of sp³-hybridized carbons (Fsp3) is 0.0667. The second-order valence-corrected chi connectivity index (χ2v) is 13.5. The number of para-hydroxylation sites is 4. The highest BCUT2D eigenvalue weighted by molar-refractivity contribution is 7.00. The van der Waals surface area contributed by atoms with Crippen molar-refractivity contribution in [2.24, 2.45) is 0 Å². The van der Waals surface area contributed by atoms with Crippen LogP contribution in [0.25, 0.3) is 33.1 Å². The first-order valence-corrected chi connectivity index (χ1v) is 17.1. The van der Waals surface area contributed by atoms with Crippen LogP contribution < -0.4 is 26.2 Å². The van der Waals surface area contributed by atoms with Crippen LogP contribution in [0.1, 0.15) is 16.7 Å². The van der Waals surface area contributed by atoms with E-state index in [4.69, 9.17) is 4.42 Å². The van der Waals surface area contributed by atoms with Gasteiger partial charge in [0.05, 0.1) is 5.69 Å². The Morgan fingerprint density at radius 2 is 1.08 bits per heavy atom. The zero-order valence-electron chi connectivity index (χ0n) is 27.7. The van der Waals surface area contributed by atoms with Crippen molar-refractivity contribution >= 4 is 79.2 Å². The summed E-state index contributed by atoms with van der Waals surface area (Å²) in [5.74, 6) is 0. The predicted octanol–water partition coefficient (Wildman–Crippen LogP) is 10.3. The van der Waals surface area contributed by atoms with Crippen LogP contribution in [-0.2, 0) is 0 Å². The summed E-state index contributed by atoms with van der Waals surface area (Å²) >= 11 is 0. The van der Waals surface area contributed by atoms with Crippen molar-refractivity contribution < 1.29 is 4.42 Å². The number of furan rings is 1. The maximum atomic E-state index is 6.65. The normalized spacial score (nSPS) is 13.1. The van der Waals surface area contributed by atoms with Gasteiger partial charge in [-0.05, 0) is 108 Å². The molecule has 0 saturated heterocycles. The van der Waals surface area contributed by atoms with Gasteiger partial charge in [0.15, 0.2) is 0 Å². The second kappa shape index (κ2) is 10.5. The van der Waals surface area contributed by atoms with Gasteiger partial charge in [-0.2, -0.15) is 0 Å². The number of anilines is 6. The Labute approximate surface area is 286 Å². The molecule has 4 heteroatoms. The van der Waals surface area contributed by atoms with Crippen molar-refractivity contribution in [3.05, 3.63) is 162 Å². The number of aryl methyl sites for hydroxylation is 3. The fourth-order valence-corrected chi connectivity index (χ4v) is 8.53. The van der Waals surface area contributed by atoms with Crippen LogP contribution in [0.15, 0.2) is 150 Å². The Morgan fingerprint density at radius 1 is 0.469 bits per heavy atom. The van der Waals surface area contributed by atoms with Gasteiger partial charge in [-0.15, -0.1) is 0 Å². The molecular weight excluding hydrogens is 595 g/mol. The van der Waals surface area contributed by atoms with Crippen LogP contribution in [-0.4, -0.2) is 6.71 Å². The van der Waals surface area contributed by atoms with Crippen LogP contribution in [0, 0.1) is 20.8 Å². The Hall–Kier alpha value is -6.00. The molecular formula is C45H33BN2O. The van der Waals surface area contributed by atoms with Crippen molar-refractivity contribution in [2.75, 3.05) is 9.80 Å². The smallest absolute Gasteiger partial charge is 0.252 e. The molecule has 0 saturated carbocycles. The molecule has 3 heterocycles. The topological polar surface area (TPSA) is 19.6 Å².